The van der Waals surface area contributed by atoms with Crippen LogP contribution in [0.3, 0.4) is 0 Å². The third-order valence-corrected chi connectivity index (χ3v) is 2.93. The van der Waals surface area contributed by atoms with Gasteiger partial charge in [0, 0.05) is 6.20 Å². The number of oxime groups is 1. The van der Waals surface area contributed by atoms with Crippen LogP contribution in [-0.2, 0) is 5.41 Å². The van der Waals surface area contributed by atoms with Gasteiger partial charge in [-0.1, -0.05) is 38.1 Å². The first kappa shape index (κ1) is 14.8. The molecule has 1 heterocycles. The number of amidine groups is 1. The Bertz CT molecular complexity index is 645. The Kier molecular flexibility index (Phi) is 4.07. The molecule has 0 radical (unpaired) electrons. The molecule has 0 spiro atoms. The van der Waals surface area contributed by atoms with Crippen LogP contribution in [0.15, 0.2) is 41.7 Å². The first-order valence-corrected chi connectivity index (χ1v) is 6.49. The third-order valence-electron chi connectivity index (χ3n) is 2.93. The molecule has 0 aliphatic carbocycles. The summed E-state index contributed by atoms with van der Waals surface area (Å²) in [5.41, 5.74) is 7.07. The van der Waals surface area contributed by atoms with E-state index in [2.05, 4.69) is 35.9 Å². The van der Waals surface area contributed by atoms with E-state index in [4.69, 9.17) is 15.7 Å². The van der Waals surface area contributed by atoms with Gasteiger partial charge in [0.25, 0.3) is 0 Å². The van der Waals surface area contributed by atoms with Crippen LogP contribution in [0.25, 0.3) is 0 Å². The van der Waals surface area contributed by atoms with E-state index in [-0.39, 0.29) is 17.3 Å². The Morgan fingerprint density at radius 3 is 2.43 bits per heavy atom. The molecule has 2 aromatic rings. The number of benzene rings is 1. The largest absolute Gasteiger partial charge is 0.424 e. The second-order valence-corrected chi connectivity index (χ2v) is 5.59. The number of hydrogen-bond donors (Lipinski definition) is 2. The quantitative estimate of drug-likeness (QED) is 0.391. The number of rotatable bonds is 3. The van der Waals surface area contributed by atoms with E-state index in [1.807, 2.05) is 24.3 Å². The third kappa shape index (κ3) is 3.68. The molecule has 0 aliphatic heterocycles. The van der Waals surface area contributed by atoms with E-state index >= 15 is 0 Å². The molecule has 0 unspecified atom stereocenters. The molecule has 3 N–H and O–H groups in total. The molecule has 0 aliphatic rings. The van der Waals surface area contributed by atoms with Crippen molar-refractivity contribution in [3.63, 3.8) is 0 Å². The maximum atomic E-state index is 8.64. The maximum Gasteiger partial charge on any atom is 0.322 e. The molecule has 0 fully saturated rings. The molecule has 0 saturated carbocycles. The summed E-state index contributed by atoms with van der Waals surface area (Å²) >= 11 is 0. The number of hydrogen-bond acceptors (Lipinski definition) is 5. The van der Waals surface area contributed by atoms with Gasteiger partial charge in [-0.15, -0.1) is 0 Å². The second-order valence-electron chi connectivity index (χ2n) is 5.59. The summed E-state index contributed by atoms with van der Waals surface area (Å²) in [5.74, 6) is 0.532. The van der Waals surface area contributed by atoms with Crippen molar-refractivity contribution in [1.82, 2.24) is 9.97 Å². The lowest BCUT2D eigenvalue weighted by molar-refractivity contribution is 0.318. The highest BCUT2D eigenvalue weighted by Gasteiger charge is 2.13. The smallest absolute Gasteiger partial charge is 0.322 e. The average molecular weight is 286 g/mol. The molecule has 6 heteroatoms. The van der Waals surface area contributed by atoms with Gasteiger partial charge in [0.05, 0.1) is 0 Å². The maximum absolute atomic E-state index is 8.64. The van der Waals surface area contributed by atoms with Crippen LogP contribution in [0.5, 0.6) is 11.8 Å². The summed E-state index contributed by atoms with van der Waals surface area (Å²) in [6.45, 7) is 6.44. The molecule has 21 heavy (non-hydrogen) atoms. The molecule has 6 nitrogen and oxygen atoms in total. The minimum atomic E-state index is -0.0923. The van der Waals surface area contributed by atoms with Gasteiger partial charge in [0.1, 0.15) is 11.4 Å². The summed E-state index contributed by atoms with van der Waals surface area (Å²) in [6, 6.07) is 9.40. The van der Waals surface area contributed by atoms with Gasteiger partial charge in [-0.05, 0) is 29.2 Å². The van der Waals surface area contributed by atoms with Gasteiger partial charge >= 0.3 is 6.01 Å². The highest BCUT2D eigenvalue weighted by atomic mass is 16.5. The molecule has 1 aromatic heterocycles. The second kappa shape index (κ2) is 5.78. The van der Waals surface area contributed by atoms with Gasteiger partial charge in [-0.3, -0.25) is 0 Å². The minimum Gasteiger partial charge on any atom is -0.424 e. The Morgan fingerprint density at radius 1 is 1.19 bits per heavy atom. The molecule has 0 saturated heterocycles. The van der Waals surface area contributed by atoms with E-state index in [0.29, 0.717) is 11.4 Å². The van der Waals surface area contributed by atoms with E-state index in [1.54, 1.807) is 0 Å². The fourth-order valence-electron chi connectivity index (χ4n) is 1.71. The number of aromatic nitrogens is 2. The fourth-order valence-corrected chi connectivity index (χ4v) is 1.71. The molecule has 0 bridgehead atoms. The van der Waals surface area contributed by atoms with Gasteiger partial charge in [-0.25, -0.2) is 4.98 Å². The lowest BCUT2D eigenvalue weighted by Crippen LogP contribution is -2.15. The SMILES string of the molecule is CC(C)(C)c1ccc(Oc2nccc(/C(N)=N/O)n2)cc1. The van der Waals surface area contributed by atoms with Crippen molar-refractivity contribution < 1.29 is 9.94 Å². The number of ether oxygens (including phenoxy) is 1. The van der Waals surface area contributed by atoms with Crippen LogP contribution >= 0.6 is 0 Å². The van der Waals surface area contributed by atoms with Crippen molar-refractivity contribution in [3.8, 4) is 11.8 Å². The zero-order chi connectivity index (χ0) is 15.5. The Balaban J connectivity index is 2.19. The van der Waals surface area contributed by atoms with E-state index in [1.165, 1.54) is 17.8 Å². The first-order valence-electron chi connectivity index (χ1n) is 6.49. The zero-order valence-corrected chi connectivity index (χ0v) is 12.2. The monoisotopic (exact) mass is 286 g/mol. The fraction of sp³-hybridized carbons (Fsp3) is 0.267. The highest BCUT2D eigenvalue weighted by Crippen LogP contribution is 2.25. The molecule has 110 valence electrons. The topological polar surface area (TPSA) is 93.6 Å². The van der Waals surface area contributed by atoms with Crippen LogP contribution in [-0.4, -0.2) is 21.0 Å². The zero-order valence-electron chi connectivity index (χ0n) is 12.2. The van der Waals surface area contributed by atoms with Crippen molar-refractivity contribution in [2.24, 2.45) is 10.9 Å². The van der Waals surface area contributed by atoms with Crippen LogP contribution in [0.2, 0.25) is 0 Å². The van der Waals surface area contributed by atoms with Crippen molar-refractivity contribution in [3.05, 3.63) is 47.8 Å². The highest BCUT2D eigenvalue weighted by molar-refractivity contribution is 5.95. The molecular formula is C15H18N4O2. The Hall–Kier alpha value is -2.63. The van der Waals surface area contributed by atoms with Crippen LogP contribution in [0, 0.1) is 0 Å². The lowest BCUT2D eigenvalue weighted by atomic mass is 9.87. The van der Waals surface area contributed by atoms with Gasteiger partial charge in [0.2, 0.25) is 0 Å². The Morgan fingerprint density at radius 2 is 1.86 bits per heavy atom. The summed E-state index contributed by atoms with van der Waals surface area (Å²) in [5, 5.41) is 11.5. The van der Waals surface area contributed by atoms with Gasteiger partial charge < -0.3 is 15.7 Å². The van der Waals surface area contributed by atoms with E-state index in [9.17, 15) is 0 Å². The lowest BCUT2D eigenvalue weighted by Gasteiger charge is -2.18. The molecule has 0 amide bonds. The van der Waals surface area contributed by atoms with Crippen LogP contribution < -0.4 is 10.5 Å². The summed E-state index contributed by atoms with van der Waals surface area (Å²) < 4.78 is 5.57. The van der Waals surface area contributed by atoms with Crippen molar-refractivity contribution in [2.75, 3.05) is 0 Å². The summed E-state index contributed by atoms with van der Waals surface area (Å²) in [6.07, 6.45) is 1.49. The van der Waals surface area contributed by atoms with E-state index < -0.39 is 0 Å². The predicted octanol–water partition coefficient (Wildman–Crippen LogP) is 2.66. The van der Waals surface area contributed by atoms with Gasteiger partial charge in [-0.2, -0.15) is 4.98 Å². The van der Waals surface area contributed by atoms with E-state index in [0.717, 1.165) is 0 Å². The van der Waals surface area contributed by atoms with Gasteiger partial charge in [0.15, 0.2) is 5.84 Å². The Labute approximate surface area is 123 Å². The molecular weight excluding hydrogens is 268 g/mol. The van der Waals surface area contributed by atoms with Crippen LogP contribution in [0.4, 0.5) is 0 Å². The molecule has 0 atom stereocenters. The van der Waals surface area contributed by atoms with Crippen molar-refractivity contribution >= 4 is 5.84 Å². The summed E-state index contributed by atoms with van der Waals surface area (Å²) in [7, 11) is 0. The number of nitrogens with two attached hydrogens (primary N) is 1. The van der Waals surface area contributed by atoms with Crippen molar-refractivity contribution in [2.45, 2.75) is 26.2 Å². The molecule has 1 aromatic carbocycles. The number of nitrogens with zero attached hydrogens (tertiary/aromatic N) is 3. The minimum absolute atomic E-state index is 0.0843. The molecule has 2 rings (SSSR count). The summed E-state index contributed by atoms with van der Waals surface area (Å²) in [4.78, 5) is 8.06. The standard InChI is InChI=1S/C15H18N4O2/c1-15(2,3)10-4-6-11(7-5-10)21-14-17-9-8-12(18-14)13(16)19-20/h4-9,20H,1-3H3,(H2,16,19). The van der Waals surface area contributed by atoms with Crippen molar-refractivity contribution in [1.29, 1.82) is 0 Å². The average Bonchev–Trinajstić information content (AvgIpc) is 2.46. The predicted molar refractivity (Wildman–Crippen MR) is 79.8 cm³/mol. The first-order chi connectivity index (χ1) is 9.90. The van der Waals surface area contributed by atoms with Crippen LogP contribution in [0.1, 0.15) is 32.0 Å². The normalized spacial score (nSPS) is 12.2.